The highest BCUT2D eigenvalue weighted by Crippen LogP contribution is 2.37. The molecule has 1 saturated heterocycles. The van der Waals surface area contributed by atoms with Crippen molar-refractivity contribution in [2.45, 2.75) is 12.7 Å². The van der Waals surface area contributed by atoms with Crippen LogP contribution in [0.3, 0.4) is 0 Å². The summed E-state index contributed by atoms with van der Waals surface area (Å²) in [4.78, 5) is 4.48. The molecule has 3 nitrogen and oxygen atoms in total. The van der Waals surface area contributed by atoms with Gasteiger partial charge in [-0.25, -0.2) is 0 Å². The molecule has 0 bridgehead atoms. The zero-order valence-corrected chi connectivity index (χ0v) is 11.5. The Hall–Kier alpha value is -2.39. The average molecular weight is 277 g/mol. The molecular weight excluding hydrogens is 262 g/mol. The second-order valence-corrected chi connectivity index (χ2v) is 5.15. The number of ether oxygens (including phenoxy) is 2. The molecule has 1 aliphatic rings. The quantitative estimate of drug-likeness (QED) is 0.679. The SMILES string of the molecule is c1ccc(COc2ccc([C@@H]3CO3)c3cccnc23)cc1. The molecule has 4 rings (SSSR count). The Labute approximate surface area is 123 Å². The molecule has 0 radical (unpaired) electrons. The zero-order chi connectivity index (χ0) is 14.1. The van der Waals surface area contributed by atoms with E-state index in [2.05, 4.69) is 29.2 Å². The van der Waals surface area contributed by atoms with Crippen molar-refractivity contribution in [2.75, 3.05) is 6.61 Å². The lowest BCUT2D eigenvalue weighted by Gasteiger charge is -2.11. The van der Waals surface area contributed by atoms with Crippen LogP contribution in [0.5, 0.6) is 5.75 Å². The lowest BCUT2D eigenvalue weighted by atomic mass is 10.1. The van der Waals surface area contributed by atoms with Crippen molar-refractivity contribution in [2.24, 2.45) is 0 Å². The van der Waals surface area contributed by atoms with Gasteiger partial charge in [-0.15, -0.1) is 0 Å². The van der Waals surface area contributed by atoms with Crippen LogP contribution in [0.25, 0.3) is 10.9 Å². The topological polar surface area (TPSA) is 34.6 Å². The van der Waals surface area contributed by atoms with Crippen molar-refractivity contribution in [3.8, 4) is 5.75 Å². The number of aromatic nitrogens is 1. The molecular formula is C18H15NO2. The Morgan fingerprint density at radius 2 is 1.90 bits per heavy atom. The van der Waals surface area contributed by atoms with Gasteiger partial charge in [-0.2, -0.15) is 0 Å². The molecule has 0 aliphatic carbocycles. The summed E-state index contributed by atoms with van der Waals surface area (Å²) in [5.41, 5.74) is 3.25. The van der Waals surface area contributed by atoms with Gasteiger partial charge < -0.3 is 9.47 Å². The molecule has 0 saturated carbocycles. The van der Waals surface area contributed by atoms with Crippen LogP contribution in [-0.4, -0.2) is 11.6 Å². The maximum absolute atomic E-state index is 5.96. The largest absolute Gasteiger partial charge is 0.487 e. The number of pyridine rings is 1. The van der Waals surface area contributed by atoms with E-state index in [1.807, 2.05) is 30.3 Å². The van der Waals surface area contributed by atoms with Crippen molar-refractivity contribution in [1.82, 2.24) is 4.98 Å². The summed E-state index contributed by atoms with van der Waals surface area (Å²) in [5.74, 6) is 0.818. The van der Waals surface area contributed by atoms with Crippen molar-refractivity contribution in [3.05, 3.63) is 71.9 Å². The van der Waals surface area contributed by atoms with Gasteiger partial charge in [-0.1, -0.05) is 42.5 Å². The van der Waals surface area contributed by atoms with Gasteiger partial charge in [0, 0.05) is 11.6 Å². The minimum atomic E-state index is 0.222. The molecule has 0 unspecified atom stereocenters. The van der Waals surface area contributed by atoms with Crippen LogP contribution in [0.4, 0.5) is 0 Å². The zero-order valence-electron chi connectivity index (χ0n) is 11.5. The smallest absolute Gasteiger partial charge is 0.146 e. The molecule has 2 aromatic carbocycles. The summed E-state index contributed by atoms with van der Waals surface area (Å²) in [7, 11) is 0. The number of fused-ring (bicyclic) bond motifs is 1. The number of hydrogen-bond acceptors (Lipinski definition) is 3. The maximum Gasteiger partial charge on any atom is 0.146 e. The molecule has 1 aliphatic heterocycles. The third-order valence-corrected chi connectivity index (χ3v) is 3.68. The number of nitrogens with zero attached hydrogens (tertiary/aromatic N) is 1. The summed E-state index contributed by atoms with van der Waals surface area (Å²) >= 11 is 0. The fourth-order valence-corrected chi connectivity index (χ4v) is 2.53. The average Bonchev–Trinajstić information content (AvgIpc) is 3.38. The van der Waals surface area contributed by atoms with Crippen molar-refractivity contribution >= 4 is 10.9 Å². The first-order valence-electron chi connectivity index (χ1n) is 7.08. The van der Waals surface area contributed by atoms with Crippen LogP contribution in [0, 0.1) is 0 Å². The van der Waals surface area contributed by atoms with E-state index < -0.39 is 0 Å². The van der Waals surface area contributed by atoms with E-state index in [0.717, 1.165) is 28.8 Å². The van der Waals surface area contributed by atoms with Crippen molar-refractivity contribution < 1.29 is 9.47 Å². The Bertz CT molecular complexity index is 767. The van der Waals surface area contributed by atoms with Gasteiger partial charge in [0.2, 0.25) is 0 Å². The van der Waals surface area contributed by atoms with Crippen LogP contribution in [0.15, 0.2) is 60.8 Å². The predicted octanol–water partition coefficient (Wildman–Crippen LogP) is 3.89. The first-order chi connectivity index (χ1) is 10.4. The van der Waals surface area contributed by atoms with E-state index in [9.17, 15) is 0 Å². The minimum absolute atomic E-state index is 0.222. The van der Waals surface area contributed by atoms with Gasteiger partial charge in [0.25, 0.3) is 0 Å². The summed E-state index contributed by atoms with van der Waals surface area (Å²) in [6, 6.07) is 18.3. The molecule has 104 valence electrons. The second-order valence-electron chi connectivity index (χ2n) is 5.15. The number of hydrogen-bond donors (Lipinski definition) is 0. The Kier molecular flexibility index (Phi) is 3.05. The molecule has 3 aromatic rings. The monoisotopic (exact) mass is 277 g/mol. The third-order valence-electron chi connectivity index (χ3n) is 3.68. The third kappa shape index (κ3) is 2.48. The molecule has 21 heavy (non-hydrogen) atoms. The van der Waals surface area contributed by atoms with Crippen LogP contribution in [0.2, 0.25) is 0 Å². The summed E-state index contributed by atoms with van der Waals surface area (Å²) in [6.07, 6.45) is 2.02. The molecule has 0 amide bonds. The minimum Gasteiger partial charge on any atom is -0.487 e. The summed E-state index contributed by atoms with van der Waals surface area (Å²) in [6.45, 7) is 1.35. The van der Waals surface area contributed by atoms with Crippen molar-refractivity contribution in [1.29, 1.82) is 0 Å². The van der Waals surface area contributed by atoms with Gasteiger partial charge in [0.05, 0.1) is 6.61 Å². The highest BCUT2D eigenvalue weighted by Gasteiger charge is 2.27. The molecule has 0 spiro atoms. The van der Waals surface area contributed by atoms with Gasteiger partial charge in [-0.05, 0) is 23.3 Å². The van der Waals surface area contributed by atoms with Crippen LogP contribution >= 0.6 is 0 Å². The number of benzene rings is 2. The van der Waals surface area contributed by atoms with E-state index >= 15 is 0 Å². The van der Waals surface area contributed by atoms with Gasteiger partial charge >= 0.3 is 0 Å². The second kappa shape index (κ2) is 5.19. The van der Waals surface area contributed by atoms with Crippen LogP contribution in [0.1, 0.15) is 17.2 Å². The molecule has 1 aromatic heterocycles. The first-order valence-corrected chi connectivity index (χ1v) is 7.08. The number of rotatable bonds is 4. The van der Waals surface area contributed by atoms with E-state index in [4.69, 9.17) is 9.47 Å². The lowest BCUT2D eigenvalue weighted by Crippen LogP contribution is -1.97. The Morgan fingerprint density at radius 3 is 2.71 bits per heavy atom. The summed E-state index contributed by atoms with van der Waals surface area (Å²) < 4.78 is 11.4. The van der Waals surface area contributed by atoms with Crippen LogP contribution in [-0.2, 0) is 11.3 Å². The fraction of sp³-hybridized carbons (Fsp3) is 0.167. The normalized spacial score (nSPS) is 16.9. The van der Waals surface area contributed by atoms with Crippen molar-refractivity contribution in [3.63, 3.8) is 0 Å². The highest BCUT2D eigenvalue weighted by atomic mass is 16.6. The van der Waals surface area contributed by atoms with Gasteiger partial charge in [-0.3, -0.25) is 4.98 Å². The molecule has 0 N–H and O–H groups in total. The van der Waals surface area contributed by atoms with E-state index in [1.165, 1.54) is 5.56 Å². The summed E-state index contributed by atoms with van der Waals surface area (Å²) in [5, 5.41) is 1.12. The number of epoxide rings is 1. The molecule has 2 heterocycles. The highest BCUT2D eigenvalue weighted by molar-refractivity contribution is 5.88. The molecule has 1 atom stereocenters. The van der Waals surface area contributed by atoms with E-state index in [-0.39, 0.29) is 6.10 Å². The molecule has 1 fully saturated rings. The van der Waals surface area contributed by atoms with Gasteiger partial charge in [0.1, 0.15) is 24.0 Å². The Morgan fingerprint density at radius 1 is 1.05 bits per heavy atom. The lowest BCUT2D eigenvalue weighted by molar-refractivity contribution is 0.309. The standard InChI is InChI=1S/C18H15NO2/c1-2-5-13(6-3-1)11-20-16-9-8-14(17-12-21-17)15-7-4-10-19-18(15)16/h1-10,17H,11-12H2/t17-/m0/s1. The Balaban J connectivity index is 1.67. The first kappa shape index (κ1) is 12.4. The van der Waals surface area contributed by atoms with Gasteiger partial charge in [0.15, 0.2) is 0 Å². The van der Waals surface area contributed by atoms with Crippen LogP contribution < -0.4 is 4.74 Å². The van der Waals surface area contributed by atoms with E-state index in [1.54, 1.807) is 6.20 Å². The molecule has 3 heteroatoms. The maximum atomic E-state index is 5.96. The fourth-order valence-electron chi connectivity index (χ4n) is 2.53. The van der Waals surface area contributed by atoms with E-state index in [0.29, 0.717) is 6.61 Å². The predicted molar refractivity (Wildman–Crippen MR) is 81.2 cm³/mol.